The highest BCUT2D eigenvalue weighted by molar-refractivity contribution is 7.96. The summed E-state index contributed by atoms with van der Waals surface area (Å²) in [4.78, 5) is -0.415. The van der Waals surface area contributed by atoms with Gasteiger partial charge < -0.3 is 0 Å². The lowest BCUT2D eigenvalue weighted by Gasteiger charge is -2.10. The summed E-state index contributed by atoms with van der Waals surface area (Å²) in [5.74, 6) is -1.40. The molecule has 0 bridgehead atoms. The monoisotopic (exact) mass is 278 g/mol. The summed E-state index contributed by atoms with van der Waals surface area (Å²) in [7, 11) is -7.20. The van der Waals surface area contributed by atoms with Gasteiger partial charge in [-0.3, -0.25) is 0 Å². The van der Waals surface area contributed by atoms with Crippen LogP contribution in [-0.4, -0.2) is 33.6 Å². The fraction of sp³-hybridized carbons (Fsp3) is 0.400. The smallest absolute Gasteiger partial charge is 0.185 e. The van der Waals surface area contributed by atoms with Crippen LogP contribution in [0.25, 0.3) is 0 Å². The summed E-state index contributed by atoms with van der Waals surface area (Å²) in [5, 5.41) is -1.02. The Kier molecular flexibility index (Phi) is 2.99. The predicted molar refractivity (Wildman–Crippen MR) is 60.6 cm³/mol. The van der Waals surface area contributed by atoms with Gasteiger partial charge in [0.15, 0.2) is 19.7 Å². The van der Waals surface area contributed by atoms with Gasteiger partial charge in [-0.25, -0.2) is 21.2 Å². The third-order valence-corrected chi connectivity index (χ3v) is 6.98. The summed E-state index contributed by atoms with van der Waals surface area (Å²) in [5.41, 5.74) is 0. The molecule has 94 valence electrons. The highest BCUT2D eigenvalue weighted by atomic mass is 32.2. The molecule has 1 heterocycles. The van der Waals surface area contributed by atoms with E-state index in [1.165, 1.54) is 12.1 Å². The third kappa shape index (κ3) is 2.35. The van der Waals surface area contributed by atoms with Gasteiger partial charge in [0, 0.05) is 0 Å². The summed E-state index contributed by atoms with van der Waals surface area (Å²) < 4.78 is 60.0. The molecule has 1 saturated heterocycles. The summed E-state index contributed by atoms with van der Waals surface area (Å²) in [6, 6.07) is 5.02. The first-order valence-electron chi connectivity index (χ1n) is 5.02. The first-order chi connectivity index (χ1) is 7.83. The molecule has 0 aliphatic carbocycles. The molecule has 1 aliphatic rings. The fourth-order valence-electron chi connectivity index (χ4n) is 1.86. The van der Waals surface area contributed by atoms with E-state index in [1.807, 2.05) is 0 Å². The van der Waals surface area contributed by atoms with E-state index in [0.29, 0.717) is 0 Å². The van der Waals surface area contributed by atoms with E-state index in [1.54, 1.807) is 0 Å². The summed E-state index contributed by atoms with van der Waals surface area (Å²) >= 11 is 0. The molecule has 2 rings (SSSR count). The van der Waals surface area contributed by atoms with Gasteiger partial charge >= 0.3 is 0 Å². The Morgan fingerprint density at radius 2 is 1.88 bits per heavy atom. The number of halogens is 1. The Bertz CT molecular complexity index is 634. The van der Waals surface area contributed by atoms with Crippen LogP contribution in [0.5, 0.6) is 0 Å². The molecule has 0 spiro atoms. The lowest BCUT2D eigenvalue weighted by molar-refractivity contribution is 0.558. The molecule has 17 heavy (non-hydrogen) atoms. The second kappa shape index (κ2) is 4.06. The average molecular weight is 278 g/mol. The first-order valence-corrected chi connectivity index (χ1v) is 8.38. The zero-order chi connectivity index (χ0) is 12.7. The van der Waals surface area contributed by atoms with Gasteiger partial charge in [0.1, 0.15) is 10.7 Å². The molecule has 7 heteroatoms. The van der Waals surface area contributed by atoms with Crippen molar-refractivity contribution in [3.63, 3.8) is 0 Å². The normalized spacial score (nSPS) is 23.7. The van der Waals surface area contributed by atoms with E-state index in [2.05, 4.69) is 0 Å². The minimum atomic E-state index is -3.89. The van der Waals surface area contributed by atoms with Crippen LogP contribution in [0, 0.1) is 5.82 Å². The Balaban J connectivity index is 2.43. The topological polar surface area (TPSA) is 68.3 Å². The molecule has 0 saturated carbocycles. The van der Waals surface area contributed by atoms with Crippen molar-refractivity contribution < 1.29 is 21.2 Å². The van der Waals surface area contributed by atoms with Crippen molar-refractivity contribution in [1.82, 2.24) is 0 Å². The molecule has 1 atom stereocenters. The molecule has 1 fully saturated rings. The molecule has 0 radical (unpaired) electrons. The lowest BCUT2D eigenvalue weighted by atomic mass is 10.3. The van der Waals surface area contributed by atoms with Crippen molar-refractivity contribution in [3.8, 4) is 0 Å². The Morgan fingerprint density at radius 3 is 2.41 bits per heavy atom. The molecule has 0 aromatic heterocycles. The maximum Gasteiger partial charge on any atom is 0.185 e. The quantitative estimate of drug-likeness (QED) is 0.802. The molecular weight excluding hydrogens is 267 g/mol. The molecule has 1 aliphatic heterocycles. The molecule has 4 nitrogen and oxygen atoms in total. The maximum absolute atomic E-state index is 13.4. The molecule has 1 aromatic rings. The van der Waals surface area contributed by atoms with Gasteiger partial charge in [-0.2, -0.15) is 0 Å². The van der Waals surface area contributed by atoms with Crippen molar-refractivity contribution in [1.29, 1.82) is 0 Å². The highest BCUT2D eigenvalue weighted by Crippen LogP contribution is 2.26. The van der Waals surface area contributed by atoms with E-state index in [4.69, 9.17) is 0 Å². The highest BCUT2D eigenvalue weighted by Gasteiger charge is 2.38. The minimum absolute atomic E-state index is 0.0407. The van der Waals surface area contributed by atoms with Crippen LogP contribution in [0.3, 0.4) is 0 Å². The van der Waals surface area contributed by atoms with Crippen LogP contribution >= 0.6 is 0 Å². The summed E-state index contributed by atoms with van der Waals surface area (Å²) in [6.45, 7) is 0. The van der Waals surface area contributed by atoms with E-state index >= 15 is 0 Å². The second-order valence-corrected chi connectivity index (χ2v) is 8.43. The third-order valence-electron chi connectivity index (χ3n) is 2.77. The van der Waals surface area contributed by atoms with Crippen LogP contribution in [0.1, 0.15) is 6.42 Å². The number of hydrogen-bond acceptors (Lipinski definition) is 4. The average Bonchev–Trinajstić information content (AvgIpc) is 2.60. The molecule has 0 N–H and O–H groups in total. The Morgan fingerprint density at radius 1 is 1.24 bits per heavy atom. The van der Waals surface area contributed by atoms with Gasteiger partial charge in [0.05, 0.1) is 16.8 Å². The molecule has 0 amide bonds. The van der Waals surface area contributed by atoms with Gasteiger partial charge in [0.25, 0.3) is 0 Å². The van der Waals surface area contributed by atoms with Crippen LogP contribution in [-0.2, 0) is 19.7 Å². The van der Waals surface area contributed by atoms with Crippen molar-refractivity contribution in [3.05, 3.63) is 30.1 Å². The van der Waals surface area contributed by atoms with Gasteiger partial charge in [-0.1, -0.05) is 12.1 Å². The van der Waals surface area contributed by atoms with Gasteiger partial charge in [-0.15, -0.1) is 0 Å². The number of benzene rings is 1. The number of rotatable bonds is 2. The van der Waals surface area contributed by atoms with E-state index < -0.39 is 41.4 Å². The molecular formula is C10H11FO4S2. The van der Waals surface area contributed by atoms with E-state index in [9.17, 15) is 21.2 Å². The number of sulfone groups is 2. The first kappa shape index (κ1) is 12.5. The van der Waals surface area contributed by atoms with Crippen LogP contribution in [0.15, 0.2) is 29.2 Å². The maximum atomic E-state index is 13.4. The van der Waals surface area contributed by atoms with Crippen molar-refractivity contribution in [2.24, 2.45) is 0 Å². The summed E-state index contributed by atoms with van der Waals surface area (Å²) in [6.07, 6.45) is 0.0407. The standard InChI is InChI=1S/C10H11FO4S2/c11-9-3-1-2-4-10(9)17(14,15)8-5-6-16(12,13)7-8/h1-4,8H,5-7H2. The molecule has 1 aromatic carbocycles. The van der Waals surface area contributed by atoms with Crippen LogP contribution in [0.4, 0.5) is 4.39 Å². The SMILES string of the molecule is O=S1(=O)CCC(S(=O)(=O)c2ccccc2F)C1. The van der Waals surface area contributed by atoms with E-state index in [-0.39, 0.29) is 12.2 Å². The molecule has 1 unspecified atom stereocenters. The van der Waals surface area contributed by atoms with Crippen LogP contribution in [0.2, 0.25) is 0 Å². The zero-order valence-corrected chi connectivity index (χ0v) is 10.5. The van der Waals surface area contributed by atoms with Crippen molar-refractivity contribution in [2.45, 2.75) is 16.6 Å². The largest absolute Gasteiger partial charge is 0.229 e. The fourth-order valence-corrected chi connectivity index (χ4v) is 6.29. The minimum Gasteiger partial charge on any atom is -0.229 e. The Hall–Kier alpha value is -0.950. The van der Waals surface area contributed by atoms with Gasteiger partial charge in [0.2, 0.25) is 0 Å². The van der Waals surface area contributed by atoms with Gasteiger partial charge in [-0.05, 0) is 18.6 Å². The van der Waals surface area contributed by atoms with Crippen molar-refractivity contribution >= 4 is 19.7 Å². The Labute approximate surface area is 99.3 Å². The predicted octanol–water partition coefficient (Wildman–Crippen LogP) is 0.787. The zero-order valence-electron chi connectivity index (χ0n) is 8.84. The number of hydrogen-bond donors (Lipinski definition) is 0. The van der Waals surface area contributed by atoms with E-state index in [0.717, 1.165) is 12.1 Å². The van der Waals surface area contributed by atoms with Crippen molar-refractivity contribution in [2.75, 3.05) is 11.5 Å². The van der Waals surface area contributed by atoms with Crippen LogP contribution < -0.4 is 0 Å². The lowest BCUT2D eigenvalue weighted by Crippen LogP contribution is -2.23. The second-order valence-electron chi connectivity index (χ2n) is 4.00.